The standard InChI is InChI=1S/C43H79O14P/c1-4-6-17-23-35(45)27-28-40-38(39(47)29-43(50)57-40)24-19-15-16-20-25-41(48)53-32-37(33-55-58(51,52)54-31-36(46)30-44)56-42(49)26-21-14-12-10-8-7-9-11-13-18-22-34(3)5-2/h15,19,27-28,34-40,43-47,50H,4-14,16-18,20-26,29-33H2,1-3H3,(H,51,52)/b19-15-,28-27+/t34?,35-,36-,37+,38-,39-,40+,43?/m0/s1. The minimum absolute atomic E-state index is 0.0490. The lowest BCUT2D eigenvalue weighted by Crippen LogP contribution is -2.43. The minimum Gasteiger partial charge on any atom is -0.462 e. The van der Waals surface area contributed by atoms with Gasteiger partial charge in [0.25, 0.3) is 0 Å². The number of ether oxygens (including phenoxy) is 3. The van der Waals surface area contributed by atoms with Gasteiger partial charge in [0.05, 0.1) is 38.1 Å². The van der Waals surface area contributed by atoms with E-state index in [0.29, 0.717) is 32.1 Å². The summed E-state index contributed by atoms with van der Waals surface area (Å²) in [6.45, 7) is 4.29. The van der Waals surface area contributed by atoms with Crippen molar-refractivity contribution in [1.29, 1.82) is 0 Å². The molecule has 0 aromatic heterocycles. The lowest BCUT2D eigenvalue weighted by molar-refractivity contribution is -0.199. The van der Waals surface area contributed by atoms with E-state index in [-0.39, 0.29) is 25.2 Å². The number of carbonyl (C=O) groups is 2. The zero-order valence-electron chi connectivity index (χ0n) is 35.7. The van der Waals surface area contributed by atoms with Gasteiger partial charge < -0.3 is 44.6 Å². The second-order valence-corrected chi connectivity index (χ2v) is 17.3. The van der Waals surface area contributed by atoms with Gasteiger partial charge in [-0.1, -0.05) is 135 Å². The van der Waals surface area contributed by atoms with Crippen molar-refractivity contribution < 1.29 is 67.8 Å². The minimum atomic E-state index is -4.68. The summed E-state index contributed by atoms with van der Waals surface area (Å²) in [5.74, 6) is -0.626. The summed E-state index contributed by atoms with van der Waals surface area (Å²) in [4.78, 5) is 35.2. The van der Waals surface area contributed by atoms with E-state index < -0.39 is 83.0 Å². The van der Waals surface area contributed by atoms with Crippen LogP contribution in [0.5, 0.6) is 0 Å². The molecule has 58 heavy (non-hydrogen) atoms. The molecule has 0 aliphatic carbocycles. The molecule has 0 aromatic rings. The lowest BCUT2D eigenvalue weighted by Gasteiger charge is -2.36. The van der Waals surface area contributed by atoms with Crippen LogP contribution >= 0.6 is 7.82 Å². The highest BCUT2D eigenvalue weighted by atomic mass is 31.2. The number of aliphatic hydroxyl groups excluding tert-OH is 5. The van der Waals surface area contributed by atoms with Crippen LogP contribution in [0.25, 0.3) is 0 Å². The van der Waals surface area contributed by atoms with Gasteiger partial charge in [0.2, 0.25) is 0 Å². The second-order valence-electron chi connectivity index (χ2n) is 15.8. The Morgan fingerprint density at radius 3 is 2.09 bits per heavy atom. The van der Waals surface area contributed by atoms with E-state index in [1.165, 1.54) is 51.4 Å². The van der Waals surface area contributed by atoms with Crippen molar-refractivity contribution in [2.45, 2.75) is 199 Å². The molecule has 1 saturated heterocycles. The van der Waals surface area contributed by atoms with Crippen LogP contribution in [0.3, 0.4) is 0 Å². The van der Waals surface area contributed by atoms with Crippen LogP contribution in [0.4, 0.5) is 0 Å². The van der Waals surface area contributed by atoms with Crippen molar-refractivity contribution in [3.05, 3.63) is 24.3 Å². The Hall–Kier alpha value is -1.71. The Balaban J connectivity index is 2.51. The number of allylic oxidation sites excluding steroid dienone is 2. The molecule has 1 fully saturated rings. The maximum absolute atomic E-state index is 12.7. The monoisotopic (exact) mass is 851 g/mol. The van der Waals surface area contributed by atoms with E-state index >= 15 is 0 Å². The Kier molecular flexibility index (Phi) is 31.8. The molecule has 1 aliphatic rings. The highest BCUT2D eigenvalue weighted by Gasteiger charge is 2.35. The number of carbonyl (C=O) groups excluding carboxylic acids is 2. The van der Waals surface area contributed by atoms with Crippen LogP contribution in [0.1, 0.15) is 162 Å². The zero-order chi connectivity index (χ0) is 43.0. The van der Waals surface area contributed by atoms with Crippen molar-refractivity contribution in [2.75, 3.05) is 26.4 Å². The van der Waals surface area contributed by atoms with E-state index in [1.54, 1.807) is 12.2 Å². The van der Waals surface area contributed by atoms with Crippen LogP contribution in [0, 0.1) is 11.8 Å². The number of hydrogen-bond acceptors (Lipinski definition) is 13. The summed E-state index contributed by atoms with van der Waals surface area (Å²) in [5.41, 5.74) is 0. The van der Waals surface area contributed by atoms with E-state index in [0.717, 1.165) is 44.4 Å². The number of phosphoric ester groups is 1. The molecule has 0 spiro atoms. The first-order chi connectivity index (χ1) is 27.8. The molecular formula is C43H79O14P. The molecule has 340 valence electrons. The molecule has 6 N–H and O–H groups in total. The Morgan fingerprint density at radius 2 is 1.43 bits per heavy atom. The van der Waals surface area contributed by atoms with E-state index in [2.05, 4.69) is 25.3 Å². The fourth-order valence-electron chi connectivity index (χ4n) is 6.54. The van der Waals surface area contributed by atoms with Crippen LogP contribution in [-0.4, -0.2) is 106 Å². The van der Waals surface area contributed by atoms with Crippen molar-refractivity contribution in [2.24, 2.45) is 11.8 Å². The average molecular weight is 851 g/mol. The number of hydrogen-bond donors (Lipinski definition) is 6. The van der Waals surface area contributed by atoms with Crippen LogP contribution in [0.2, 0.25) is 0 Å². The molecule has 0 amide bonds. The maximum Gasteiger partial charge on any atom is 0.472 e. The highest BCUT2D eigenvalue weighted by molar-refractivity contribution is 7.47. The number of rotatable bonds is 36. The summed E-state index contributed by atoms with van der Waals surface area (Å²) in [7, 11) is -4.68. The third-order valence-corrected chi connectivity index (χ3v) is 11.4. The molecule has 0 saturated carbocycles. The topological polar surface area (TPSA) is 219 Å². The summed E-state index contributed by atoms with van der Waals surface area (Å²) < 4.78 is 38.3. The smallest absolute Gasteiger partial charge is 0.462 e. The third-order valence-electron chi connectivity index (χ3n) is 10.4. The van der Waals surface area contributed by atoms with Crippen molar-refractivity contribution >= 4 is 19.8 Å². The van der Waals surface area contributed by atoms with E-state index in [1.807, 2.05) is 12.2 Å². The van der Waals surface area contributed by atoms with Gasteiger partial charge in [0.1, 0.15) is 12.7 Å². The molecule has 15 heteroatoms. The molecule has 0 aromatic carbocycles. The lowest BCUT2D eigenvalue weighted by atomic mass is 9.87. The van der Waals surface area contributed by atoms with Crippen molar-refractivity contribution in [1.82, 2.24) is 0 Å². The first-order valence-electron chi connectivity index (χ1n) is 22.1. The molecular weight excluding hydrogens is 771 g/mol. The number of aliphatic hydroxyl groups is 5. The molecule has 0 radical (unpaired) electrons. The SMILES string of the molecule is CCCCC[C@H](O)/C=C/[C@H]1OC(O)C[C@H](O)[C@@H]1C/C=C\CCCC(=O)OC[C@H](COP(=O)(O)OC[C@@H](O)CO)OC(=O)CCCCCCCCCCCCC(C)CC. The second kappa shape index (κ2) is 33.9. The van der Waals surface area contributed by atoms with Crippen LogP contribution < -0.4 is 0 Å². The maximum atomic E-state index is 12.7. The van der Waals surface area contributed by atoms with Crippen molar-refractivity contribution in [3.8, 4) is 0 Å². The highest BCUT2D eigenvalue weighted by Crippen LogP contribution is 2.43. The van der Waals surface area contributed by atoms with E-state index in [9.17, 15) is 39.5 Å². The fourth-order valence-corrected chi connectivity index (χ4v) is 7.33. The van der Waals surface area contributed by atoms with Gasteiger partial charge in [0.15, 0.2) is 12.4 Å². The number of phosphoric acid groups is 1. The van der Waals surface area contributed by atoms with E-state index in [4.69, 9.17) is 23.8 Å². The fraction of sp³-hybridized carbons (Fsp3) is 0.860. The normalized spacial score (nSPS) is 21.8. The number of esters is 2. The predicted octanol–water partition coefficient (Wildman–Crippen LogP) is 7.35. The first-order valence-corrected chi connectivity index (χ1v) is 23.6. The molecule has 14 nitrogen and oxygen atoms in total. The average Bonchev–Trinajstić information content (AvgIpc) is 3.19. The summed E-state index contributed by atoms with van der Waals surface area (Å²) in [6, 6.07) is 0. The first kappa shape index (κ1) is 54.3. The molecule has 1 rings (SSSR count). The third kappa shape index (κ3) is 28.7. The quantitative estimate of drug-likeness (QED) is 0.0157. The van der Waals surface area contributed by atoms with Gasteiger partial charge >= 0.3 is 19.8 Å². The molecule has 3 unspecified atom stereocenters. The number of unbranched alkanes of at least 4 members (excludes halogenated alkanes) is 12. The Bertz CT molecular complexity index is 1150. The van der Waals surface area contributed by atoms with Gasteiger partial charge in [0, 0.05) is 25.2 Å². The predicted molar refractivity (Wildman–Crippen MR) is 222 cm³/mol. The Labute approximate surface area is 348 Å². The largest absolute Gasteiger partial charge is 0.472 e. The summed E-state index contributed by atoms with van der Waals surface area (Å²) in [5, 5.41) is 49.3. The molecule has 1 aliphatic heterocycles. The summed E-state index contributed by atoms with van der Waals surface area (Å²) in [6.07, 6.45) is 20.5. The van der Waals surface area contributed by atoms with Crippen LogP contribution in [0.15, 0.2) is 24.3 Å². The van der Waals surface area contributed by atoms with Gasteiger partial charge in [-0.3, -0.25) is 18.6 Å². The zero-order valence-corrected chi connectivity index (χ0v) is 36.6. The molecule has 0 bridgehead atoms. The van der Waals surface area contributed by atoms with Gasteiger partial charge in [-0.05, 0) is 38.0 Å². The summed E-state index contributed by atoms with van der Waals surface area (Å²) >= 11 is 0. The molecule has 9 atom stereocenters. The van der Waals surface area contributed by atoms with Crippen LogP contribution in [-0.2, 0) is 37.4 Å². The van der Waals surface area contributed by atoms with Gasteiger partial charge in [-0.25, -0.2) is 4.57 Å². The van der Waals surface area contributed by atoms with Gasteiger partial charge in [-0.2, -0.15) is 0 Å². The van der Waals surface area contributed by atoms with Gasteiger partial charge in [-0.15, -0.1) is 0 Å². The van der Waals surface area contributed by atoms with Crippen molar-refractivity contribution in [3.63, 3.8) is 0 Å². The Morgan fingerprint density at radius 1 is 0.810 bits per heavy atom. The molecule has 1 heterocycles.